The maximum Gasteiger partial charge on any atom is 0.170 e. The Balaban J connectivity index is 2.08. The molecule has 0 spiro atoms. The molecular weight excluding hydrogens is 200 g/mol. The molecule has 0 saturated heterocycles. The number of fused-ring (bicyclic) bond motifs is 1. The van der Waals surface area contributed by atoms with Gasteiger partial charge in [0.15, 0.2) is 6.29 Å². The first-order chi connectivity index (χ1) is 7.81. The van der Waals surface area contributed by atoms with Crippen molar-refractivity contribution in [1.29, 1.82) is 0 Å². The van der Waals surface area contributed by atoms with Crippen LogP contribution >= 0.6 is 0 Å². The van der Waals surface area contributed by atoms with E-state index in [4.69, 9.17) is 0 Å². The lowest BCUT2D eigenvalue weighted by molar-refractivity contribution is 0.111. The van der Waals surface area contributed by atoms with Crippen molar-refractivity contribution in [1.82, 2.24) is 9.55 Å². The summed E-state index contributed by atoms with van der Waals surface area (Å²) >= 11 is 0. The molecule has 1 aromatic heterocycles. The second-order valence-electron chi connectivity index (χ2n) is 5.18. The minimum Gasteiger partial charge on any atom is -0.331 e. The van der Waals surface area contributed by atoms with Crippen LogP contribution in [0.4, 0.5) is 0 Å². The van der Waals surface area contributed by atoms with Gasteiger partial charge >= 0.3 is 0 Å². The van der Waals surface area contributed by atoms with E-state index in [0.29, 0.717) is 17.5 Å². The standard InChI is InChI=1S/C13H18N2O/c1-9-4-3-7-15-12(9)11(8-16)14-13(15)10-5-2-6-10/h8-10H,2-7H2,1H3. The highest BCUT2D eigenvalue weighted by atomic mass is 16.1. The van der Waals surface area contributed by atoms with Crippen molar-refractivity contribution in [2.75, 3.05) is 0 Å². The van der Waals surface area contributed by atoms with Crippen LogP contribution in [0, 0.1) is 0 Å². The van der Waals surface area contributed by atoms with Gasteiger partial charge in [0.2, 0.25) is 0 Å². The van der Waals surface area contributed by atoms with Crippen LogP contribution in [0.15, 0.2) is 0 Å². The summed E-state index contributed by atoms with van der Waals surface area (Å²) in [6.45, 7) is 3.27. The Morgan fingerprint density at radius 2 is 2.12 bits per heavy atom. The molecule has 86 valence electrons. The van der Waals surface area contributed by atoms with Crippen molar-refractivity contribution in [2.24, 2.45) is 0 Å². The molecule has 2 aliphatic rings. The summed E-state index contributed by atoms with van der Waals surface area (Å²) in [7, 11) is 0. The largest absolute Gasteiger partial charge is 0.331 e. The highest BCUT2D eigenvalue weighted by Gasteiger charge is 2.30. The number of aromatic nitrogens is 2. The van der Waals surface area contributed by atoms with E-state index in [-0.39, 0.29) is 0 Å². The average Bonchev–Trinajstić information content (AvgIpc) is 2.56. The summed E-state index contributed by atoms with van der Waals surface area (Å²) in [5, 5.41) is 0. The minimum atomic E-state index is 0.496. The van der Waals surface area contributed by atoms with Gasteiger partial charge in [-0.2, -0.15) is 0 Å². The molecule has 3 rings (SSSR count). The van der Waals surface area contributed by atoms with Gasteiger partial charge in [-0.15, -0.1) is 0 Å². The molecule has 1 saturated carbocycles. The Labute approximate surface area is 95.9 Å². The molecule has 3 nitrogen and oxygen atoms in total. The Bertz CT molecular complexity index is 418. The summed E-state index contributed by atoms with van der Waals surface area (Å²) in [5.74, 6) is 2.31. The monoisotopic (exact) mass is 218 g/mol. The molecule has 1 aliphatic carbocycles. The van der Waals surface area contributed by atoms with Gasteiger partial charge in [-0.3, -0.25) is 4.79 Å². The van der Waals surface area contributed by atoms with E-state index in [2.05, 4.69) is 16.5 Å². The smallest absolute Gasteiger partial charge is 0.170 e. The third-order valence-corrected chi connectivity index (χ3v) is 4.13. The molecule has 0 aromatic carbocycles. The van der Waals surface area contributed by atoms with Crippen molar-refractivity contribution >= 4 is 6.29 Å². The van der Waals surface area contributed by atoms with Gasteiger partial charge in [0.25, 0.3) is 0 Å². The zero-order valence-electron chi connectivity index (χ0n) is 9.78. The van der Waals surface area contributed by atoms with Crippen molar-refractivity contribution in [2.45, 2.75) is 57.4 Å². The van der Waals surface area contributed by atoms with Gasteiger partial charge in [-0.05, 0) is 31.6 Å². The van der Waals surface area contributed by atoms with Gasteiger partial charge in [-0.25, -0.2) is 4.98 Å². The summed E-state index contributed by atoms with van der Waals surface area (Å²) in [4.78, 5) is 15.7. The van der Waals surface area contributed by atoms with E-state index in [0.717, 1.165) is 12.8 Å². The van der Waals surface area contributed by atoms with E-state index < -0.39 is 0 Å². The van der Waals surface area contributed by atoms with E-state index in [1.54, 1.807) is 0 Å². The van der Waals surface area contributed by atoms with Crippen LogP contribution in [0.3, 0.4) is 0 Å². The molecule has 1 atom stereocenters. The fraction of sp³-hybridized carbons (Fsp3) is 0.692. The first kappa shape index (κ1) is 10.1. The van der Waals surface area contributed by atoms with Gasteiger partial charge < -0.3 is 4.57 Å². The van der Waals surface area contributed by atoms with Crippen LogP contribution in [-0.2, 0) is 6.54 Å². The second-order valence-corrected chi connectivity index (χ2v) is 5.18. The molecule has 1 fully saturated rings. The van der Waals surface area contributed by atoms with Crippen LogP contribution in [0.25, 0.3) is 0 Å². The van der Waals surface area contributed by atoms with Crippen LogP contribution in [0.1, 0.15) is 72.9 Å². The molecule has 1 aromatic rings. The van der Waals surface area contributed by atoms with Crippen LogP contribution in [0.2, 0.25) is 0 Å². The Morgan fingerprint density at radius 3 is 2.75 bits per heavy atom. The lowest BCUT2D eigenvalue weighted by Gasteiger charge is -2.29. The number of hydrogen-bond acceptors (Lipinski definition) is 2. The maximum atomic E-state index is 11.1. The van der Waals surface area contributed by atoms with E-state index >= 15 is 0 Å². The van der Waals surface area contributed by atoms with Crippen molar-refractivity contribution in [3.05, 3.63) is 17.2 Å². The molecule has 1 aliphatic heterocycles. The number of hydrogen-bond donors (Lipinski definition) is 0. The summed E-state index contributed by atoms with van der Waals surface area (Å²) in [6.07, 6.45) is 7.18. The van der Waals surface area contributed by atoms with Gasteiger partial charge in [0.05, 0.1) is 5.69 Å². The third kappa shape index (κ3) is 1.34. The zero-order valence-corrected chi connectivity index (χ0v) is 9.78. The number of nitrogens with zero attached hydrogens (tertiary/aromatic N) is 2. The maximum absolute atomic E-state index is 11.1. The number of carbonyl (C=O) groups is 1. The number of rotatable bonds is 2. The normalized spacial score (nSPS) is 24.9. The van der Waals surface area contributed by atoms with Crippen molar-refractivity contribution in [3.8, 4) is 0 Å². The Hall–Kier alpha value is -1.12. The van der Waals surface area contributed by atoms with E-state index in [9.17, 15) is 4.79 Å². The van der Waals surface area contributed by atoms with Gasteiger partial charge in [-0.1, -0.05) is 13.3 Å². The lowest BCUT2D eigenvalue weighted by Crippen LogP contribution is -2.20. The van der Waals surface area contributed by atoms with Crippen molar-refractivity contribution in [3.63, 3.8) is 0 Å². The molecule has 2 heterocycles. The number of carbonyl (C=O) groups excluding carboxylic acids is 1. The predicted molar refractivity (Wildman–Crippen MR) is 61.9 cm³/mol. The third-order valence-electron chi connectivity index (χ3n) is 4.13. The topological polar surface area (TPSA) is 34.9 Å². The second kappa shape index (κ2) is 3.72. The molecule has 16 heavy (non-hydrogen) atoms. The molecule has 3 heteroatoms. The van der Waals surface area contributed by atoms with Crippen LogP contribution in [0.5, 0.6) is 0 Å². The summed E-state index contributed by atoms with van der Waals surface area (Å²) in [5.41, 5.74) is 1.90. The Morgan fingerprint density at radius 1 is 1.31 bits per heavy atom. The molecule has 0 radical (unpaired) electrons. The number of aldehydes is 1. The molecule has 0 amide bonds. The molecule has 1 unspecified atom stereocenters. The van der Waals surface area contributed by atoms with Gasteiger partial charge in [0, 0.05) is 12.5 Å². The van der Waals surface area contributed by atoms with E-state index in [1.165, 1.54) is 43.6 Å². The van der Waals surface area contributed by atoms with Gasteiger partial charge in [0.1, 0.15) is 11.5 Å². The van der Waals surface area contributed by atoms with Crippen LogP contribution in [-0.4, -0.2) is 15.8 Å². The fourth-order valence-electron chi connectivity index (χ4n) is 3.01. The number of imidazole rings is 1. The first-order valence-electron chi connectivity index (χ1n) is 6.36. The fourth-order valence-corrected chi connectivity index (χ4v) is 3.01. The Kier molecular flexibility index (Phi) is 2.34. The molecule has 0 bridgehead atoms. The van der Waals surface area contributed by atoms with Crippen LogP contribution < -0.4 is 0 Å². The highest BCUT2D eigenvalue weighted by molar-refractivity contribution is 5.74. The average molecular weight is 218 g/mol. The SMILES string of the molecule is CC1CCCn2c(C3CCC3)nc(C=O)c21. The first-order valence-corrected chi connectivity index (χ1v) is 6.36. The molecule has 0 N–H and O–H groups in total. The molecular formula is C13H18N2O. The lowest BCUT2D eigenvalue weighted by atomic mass is 9.84. The quantitative estimate of drug-likeness (QED) is 0.715. The predicted octanol–water partition coefficient (Wildman–Crippen LogP) is 2.86. The van der Waals surface area contributed by atoms with Crippen molar-refractivity contribution < 1.29 is 4.79 Å². The minimum absolute atomic E-state index is 0.496. The zero-order chi connectivity index (χ0) is 11.1. The summed E-state index contributed by atoms with van der Waals surface area (Å²) < 4.78 is 2.34. The highest BCUT2D eigenvalue weighted by Crippen LogP contribution is 2.39. The van der Waals surface area contributed by atoms with E-state index in [1.807, 2.05) is 0 Å². The summed E-state index contributed by atoms with van der Waals surface area (Å²) in [6, 6.07) is 0.